The van der Waals surface area contributed by atoms with E-state index in [1.807, 2.05) is 13.8 Å². The van der Waals surface area contributed by atoms with Crippen molar-refractivity contribution in [2.75, 3.05) is 0 Å². The molecular formula is C13H19Cl. The topological polar surface area (TPSA) is 0 Å². The van der Waals surface area contributed by atoms with Crippen molar-refractivity contribution in [3.8, 4) is 0 Å². The van der Waals surface area contributed by atoms with E-state index in [2.05, 4.69) is 31.2 Å². The Bertz CT molecular complexity index is 284. The van der Waals surface area contributed by atoms with Gasteiger partial charge in [0, 0.05) is 0 Å². The highest BCUT2D eigenvalue weighted by atomic mass is 35.5. The Morgan fingerprint density at radius 3 is 2.57 bits per heavy atom. The molecule has 0 aliphatic carbocycles. The van der Waals surface area contributed by atoms with E-state index < -0.39 is 0 Å². The molecule has 1 heteroatoms. The molecule has 78 valence electrons. The lowest BCUT2D eigenvalue weighted by Crippen LogP contribution is -2.07. The van der Waals surface area contributed by atoms with Gasteiger partial charge in [-0.15, -0.1) is 11.6 Å². The third kappa shape index (κ3) is 3.34. The second-order valence-corrected chi connectivity index (χ2v) is 5.22. The third-order valence-electron chi connectivity index (χ3n) is 2.43. The first-order valence-electron chi connectivity index (χ1n) is 5.32. The van der Waals surface area contributed by atoms with Crippen molar-refractivity contribution >= 4 is 11.6 Å². The minimum absolute atomic E-state index is 0.248. The highest BCUT2D eigenvalue weighted by Crippen LogP contribution is 2.28. The van der Waals surface area contributed by atoms with Crippen molar-refractivity contribution < 1.29 is 0 Å². The Morgan fingerprint density at radius 1 is 1.29 bits per heavy atom. The number of unbranched alkanes of at least 4 members (excludes halogenated alkanes) is 1. The average Bonchev–Trinajstić information content (AvgIpc) is 2.14. The van der Waals surface area contributed by atoms with Crippen molar-refractivity contribution in [1.29, 1.82) is 0 Å². The molecule has 0 heterocycles. The molecule has 1 aromatic rings. The number of alkyl halides is 1. The van der Waals surface area contributed by atoms with Gasteiger partial charge in [-0.25, -0.2) is 0 Å². The number of hydrogen-bond donors (Lipinski definition) is 0. The molecule has 0 aromatic heterocycles. The summed E-state index contributed by atoms with van der Waals surface area (Å²) in [4.78, 5) is -0.248. The van der Waals surface area contributed by atoms with E-state index in [1.165, 1.54) is 24.0 Å². The van der Waals surface area contributed by atoms with E-state index in [4.69, 9.17) is 11.6 Å². The van der Waals surface area contributed by atoms with Crippen LogP contribution in [0.25, 0.3) is 0 Å². The van der Waals surface area contributed by atoms with Gasteiger partial charge < -0.3 is 0 Å². The Morgan fingerprint density at radius 2 is 2.00 bits per heavy atom. The minimum atomic E-state index is -0.248. The highest BCUT2D eigenvalue weighted by molar-refractivity contribution is 6.23. The maximum atomic E-state index is 6.26. The smallest absolute Gasteiger partial charge is 0.0638 e. The molecule has 0 saturated heterocycles. The van der Waals surface area contributed by atoms with E-state index in [0.29, 0.717) is 0 Å². The molecule has 1 aromatic carbocycles. The first-order chi connectivity index (χ1) is 6.54. The minimum Gasteiger partial charge on any atom is -0.115 e. The molecule has 1 rings (SSSR count). The Kier molecular flexibility index (Phi) is 4.00. The quantitative estimate of drug-likeness (QED) is 0.642. The number of rotatable bonds is 4. The fourth-order valence-corrected chi connectivity index (χ4v) is 1.60. The lowest BCUT2D eigenvalue weighted by molar-refractivity contribution is 0.755. The van der Waals surface area contributed by atoms with Crippen LogP contribution in [0.15, 0.2) is 24.3 Å². The van der Waals surface area contributed by atoms with Crippen LogP contribution in [0.5, 0.6) is 0 Å². The Balaban J connectivity index is 2.79. The van der Waals surface area contributed by atoms with Crippen molar-refractivity contribution in [2.45, 2.75) is 44.9 Å². The predicted molar refractivity (Wildman–Crippen MR) is 63.9 cm³/mol. The van der Waals surface area contributed by atoms with Crippen LogP contribution in [-0.4, -0.2) is 0 Å². The van der Waals surface area contributed by atoms with Gasteiger partial charge in [0.1, 0.15) is 0 Å². The number of aryl methyl sites for hydroxylation is 1. The van der Waals surface area contributed by atoms with Crippen LogP contribution in [0.2, 0.25) is 0 Å². The van der Waals surface area contributed by atoms with Crippen molar-refractivity contribution in [3.63, 3.8) is 0 Å². The molecular weight excluding hydrogens is 192 g/mol. The van der Waals surface area contributed by atoms with Crippen LogP contribution in [0.1, 0.15) is 44.7 Å². The maximum Gasteiger partial charge on any atom is 0.0638 e. The second kappa shape index (κ2) is 4.84. The molecule has 0 saturated carbocycles. The molecule has 0 N–H and O–H groups in total. The molecule has 0 fully saturated rings. The van der Waals surface area contributed by atoms with Gasteiger partial charge >= 0.3 is 0 Å². The van der Waals surface area contributed by atoms with Crippen LogP contribution in [-0.2, 0) is 11.3 Å². The van der Waals surface area contributed by atoms with Crippen LogP contribution in [0.3, 0.4) is 0 Å². The standard InChI is InChI=1S/C13H19Cl/c1-4-5-7-11-8-6-9-12(10-11)13(2,3)14/h6,8-10H,4-5,7H2,1-3H3. The number of benzene rings is 1. The normalized spacial score (nSPS) is 11.7. The molecule has 0 atom stereocenters. The summed E-state index contributed by atoms with van der Waals surface area (Å²) >= 11 is 6.26. The van der Waals surface area contributed by atoms with E-state index >= 15 is 0 Å². The zero-order valence-corrected chi connectivity index (χ0v) is 10.1. The van der Waals surface area contributed by atoms with Crippen LogP contribution in [0, 0.1) is 0 Å². The van der Waals surface area contributed by atoms with Crippen molar-refractivity contribution in [3.05, 3.63) is 35.4 Å². The van der Waals surface area contributed by atoms with E-state index in [-0.39, 0.29) is 4.87 Å². The first kappa shape index (κ1) is 11.6. The SMILES string of the molecule is CCCCc1cccc(C(C)(C)Cl)c1. The largest absolute Gasteiger partial charge is 0.115 e. The first-order valence-corrected chi connectivity index (χ1v) is 5.70. The monoisotopic (exact) mass is 210 g/mol. The summed E-state index contributed by atoms with van der Waals surface area (Å²) in [7, 11) is 0. The molecule has 0 bridgehead atoms. The zero-order chi connectivity index (χ0) is 10.6. The fourth-order valence-electron chi connectivity index (χ4n) is 1.48. The summed E-state index contributed by atoms with van der Waals surface area (Å²) < 4.78 is 0. The summed E-state index contributed by atoms with van der Waals surface area (Å²) in [6.07, 6.45) is 3.66. The van der Waals surface area contributed by atoms with E-state index in [9.17, 15) is 0 Å². The Labute approximate surface area is 92.3 Å². The lowest BCUT2D eigenvalue weighted by Gasteiger charge is -2.17. The fraction of sp³-hybridized carbons (Fsp3) is 0.538. The van der Waals surface area contributed by atoms with Gasteiger partial charge in [0.15, 0.2) is 0 Å². The van der Waals surface area contributed by atoms with Crippen LogP contribution < -0.4 is 0 Å². The van der Waals surface area contributed by atoms with Gasteiger partial charge in [-0.2, -0.15) is 0 Å². The number of halogens is 1. The average molecular weight is 211 g/mol. The van der Waals surface area contributed by atoms with E-state index in [0.717, 1.165) is 6.42 Å². The highest BCUT2D eigenvalue weighted by Gasteiger charge is 2.15. The molecule has 0 aliphatic rings. The van der Waals surface area contributed by atoms with Gasteiger partial charge in [-0.05, 0) is 37.8 Å². The second-order valence-electron chi connectivity index (χ2n) is 4.28. The van der Waals surface area contributed by atoms with E-state index in [1.54, 1.807) is 0 Å². The predicted octanol–water partition coefficient (Wildman–Crippen LogP) is 4.50. The summed E-state index contributed by atoms with van der Waals surface area (Å²) in [5.74, 6) is 0. The van der Waals surface area contributed by atoms with Crippen LogP contribution >= 0.6 is 11.6 Å². The summed E-state index contributed by atoms with van der Waals surface area (Å²) in [6, 6.07) is 8.61. The van der Waals surface area contributed by atoms with Crippen LogP contribution in [0.4, 0.5) is 0 Å². The molecule has 0 spiro atoms. The summed E-state index contributed by atoms with van der Waals surface area (Å²) in [5.41, 5.74) is 2.62. The number of hydrogen-bond acceptors (Lipinski definition) is 0. The summed E-state index contributed by atoms with van der Waals surface area (Å²) in [6.45, 7) is 6.29. The van der Waals surface area contributed by atoms with Gasteiger partial charge in [0.05, 0.1) is 4.87 Å². The van der Waals surface area contributed by atoms with Gasteiger partial charge in [0.25, 0.3) is 0 Å². The summed E-state index contributed by atoms with van der Waals surface area (Å²) in [5, 5.41) is 0. The maximum absolute atomic E-state index is 6.26. The van der Waals surface area contributed by atoms with Gasteiger partial charge in [-0.1, -0.05) is 37.6 Å². The molecule has 0 amide bonds. The van der Waals surface area contributed by atoms with Crippen molar-refractivity contribution in [1.82, 2.24) is 0 Å². The molecule has 14 heavy (non-hydrogen) atoms. The molecule has 0 nitrogen and oxygen atoms in total. The third-order valence-corrected chi connectivity index (χ3v) is 2.65. The van der Waals surface area contributed by atoms with Gasteiger partial charge in [-0.3, -0.25) is 0 Å². The Hall–Kier alpha value is -0.490. The van der Waals surface area contributed by atoms with Gasteiger partial charge in [0.2, 0.25) is 0 Å². The molecule has 0 radical (unpaired) electrons. The molecule has 0 aliphatic heterocycles. The molecule has 0 unspecified atom stereocenters. The van der Waals surface area contributed by atoms with Crippen molar-refractivity contribution in [2.24, 2.45) is 0 Å². The lowest BCUT2D eigenvalue weighted by atomic mass is 9.98. The zero-order valence-electron chi connectivity index (χ0n) is 9.31.